The zero-order chi connectivity index (χ0) is 11.5. The van der Waals surface area contributed by atoms with Crippen molar-refractivity contribution in [3.05, 3.63) is 35.9 Å². The van der Waals surface area contributed by atoms with Crippen molar-refractivity contribution in [1.29, 1.82) is 0 Å². The molecule has 1 atom stereocenters. The lowest BCUT2D eigenvalue weighted by Crippen LogP contribution is -2.42. The van der Waals surface area contributed by atoms with Gasteiger partial charge in [0, 0.05) is 6.04 Å². The van der Waals surface area contributed by atoms with Crippen LogP contribution < -0.4 is 5.32 Å². The van der Waals surface area contributed by atoms with Crippen molar-refractivity contribution in [2.45, 2.75) is 31.2 Å². The van der Waals surface area contributed by atoms with Crippen LogP contribution in [0.2, 0.25) is 0 Å². The third kappa shape index (κ3) is 2.86. The maximum absolute atomic E-state index is 3.75. The van der Waals surface area contributed by atoms with Crippen molar-refractivity contribution >= 4 is 11.8 Å². The van der Waals surface area contributed by atoms with Crippen LogP contribution in [0, 0.1) is 5.92 Å². The molecule has 0 spiro atoms. The molecular formula is C15H21NS. The van der Waals surface area contributed by atoms with Gasteiger partial charge in [0.1, 0.15) is 0 Å². The highest BCUT2D eigenvalue weighted by atomic mass is 32.2. The summed E-state index contributed by atoms with van der Waals surface area (Å²) in [5.41, 5.74) is 1.53. The molecule has 0 aromatic heterocycles. The van der Waals surface area contributed by atoms with Crippen molar-refractivity contribution in [3.63, 3.8) is 0 Å². The smallest absolute Gasteiger partial charge is 0.00788 e. The van der Waals surface area contributed by atoms with Gasteiger partial charge < -0.3 is 5.32 Å². The van der Waals surface area contributed by atoms with Gasteiger partial charge in [0.05, 0.1) is 0 Å². The SMILES string of the molecule is c1ccc(C2CC(NCC3CCSC3)C2)cc1. The van der Waals surface area contributed by atoms with Gasteiger partial charge in [-0.1, -0.05) is 30.3 Å². The molecule has 1 N–H and O–H groups in total. The topological polar surface area (TPSA) is 12.0 Å². The van der Waals surface area contributed by atoms with Crippen molar-refractivity contribution in [3.8, 4) is 0 Å². The van der Waals surface area contributed by atoms with E-state index in [1.807, 2.05) is 0 Å². The Labute approximate surface area is 108 Å². The molecule has 2 fully saturated rings. The molecule has 1 aliphatic carbocycles. The first-order valence-electron chi connectivity index (χ1n) is 6.78. The fourth-order valence-corrected chi connectivity index (χ4v) is 4.14. The molecule has 3 rings (SSSR count). The van der Waals surface area contributed by atoms with E-state index in [4.69, 9.17) is 0 Å². The van der Waals surface area contributed by atoms with Gasteiger partial charge in [-0.2, -0.15) is 11.8 Å². The van der Waals surface area contributed by atoms with E-state index in [0.29, 0.717) is 0 Å². The molecule has 0 bridgehead atoms. The summed E-state index contributed by atoms with van der Waals surface area (Å²) >= 11 is 2.12. The Morgan fingerprint density at radius 3 is 2.71 bits per heavy atom. The summed E-state index contributed by atoms with van der Waals surface area (Å²) < 4.78 is 0. The van der Waals surface area contributed by atoms with Crippen LogP contribution in [0.25, 0.3) is 0 Å². The quantitative estimate of drug-likeness (QED) is 0.876. The van der Waals surface area contributed by atoms with Gasteiger partial charge in [-0.25, -0.2) is 0 Å². The highest BCUT2D eigenvalue weighted by Gasteiger charge is 2.30. The van der Waals surface area contributed by atoms with E-state index in [2.05, 4.69) is 47.4 Å². The number of hydrogen-bond acceptors (Lipinski definition) is 2. The molecule has 1 saturated carbocycles. The molecule has 1 heterocycles. The highest BCUT2D eigenvalue weighted by Crippen LogP contribution is 2.36. The standard InChI is InChI=1S/C15H21NS/c1-2-4-13(5-3-1)14-8-15(9-14)16-10-12-6-7-17-11-12/h1-5,12,14-16H,6-11H2. The lowest BCUT2D eigenvalue weighted by molar-refractivity contribution is 0.280. The number of hydrogen-bond donors (Lipinski definition) is 1. The number of benzene rings is 1. The van der Waals surface area contributed by atoms with Crippen molar-refractivity contribution in [2.75, 3.05) is 18.1 Å². The second-order valence-electron chi connectivity index (χ2n) is 5.41. The molecule has 1 aromatic rings. The maximum atomic E-state index is 3.75. The molecule has 1 saturated heterocycles. The van der Waals surface area contributed by atoms with Crippen molar-refractivity contribution in [2.24, 2.45) is 5.92 Å². The van der Waals surface area contributed by atoms with E-state index in [-0.39, 0.29) is 0 Å². The monoisotopic (exact) mass is 247 g/mol. The van der Waals surface area contributed by atoms with Gasteiger partial charge >= 0.3 is 0 Å². The second kappa shape index (κ2) is 5.45. The normalized spacial score (nSPS) is 32.4. The van der Waals surface area contributed by atoms with E-state index in [1.54, 1.807) is 0 Å². The molecule has 1 aliphatic heterocycles. The molecular weight excluding hydrogens is 226 g/mol. The molecule has 17 heavy (non-hydrogen) atoms. The molecule has 0 amide bonds. The largest absolute Gasteiger partial charge is 0.314 e. The summed E-state index contributed by atoms with van der Waals surface area (Å²) in [4.78, 5) is 0. The predicted octanol–water partition coefficient (Wildman–Crippen LogP) is 3.28. The van der Waals surface area contributed by atoms with Crippen LogP contribution in [-0.4, -0.2) is 24.1 Å². The van der Waals surface area contributed by atoms with E-state index in [0.717, 1.165) is 17.9 Å². The fraction of sp³-hybridized carbons (Fsp3) is 0.600. The van der Waals surface area contributed by atoms with E-state index < -0.39 is 0 Å². The first-order chi connectivity index (χ1) is 8.42. The first kappa shape index (κ1) is 11.6. The summed E-state index contributed by atoms with van der Waals surface area (Å²) in [7, 11) is 0. The van der Waals surface area contributed by atoms with Crippen molar-refractivity contribution < 1.29 is 0 Å². The van der Waals surface area contributed by atoms with Crippen LogP contribution >= 0.6 is 11.8 Å². The van der Waals surface area contributed by atoms with Gasteiger partial charge in [-0.3, -0.25) is 0 Å². The summed E-state index contributed by atoms with van der Waals surface area (Å²) in [6.07, 6.45) is 4.10. The van der Waals surface area contributed by atoms with E-state index in [9.17, 15) is 0 Å². The van der Waals surface area contributed by atoms with E-state index in [1.165, 1.54) is 42.9 Å². The molecule has 1 nitrogen and oxygen atoms in total. The summed E-state index contributed by atoms with van der Waals surface area (Å²) in [5, 5.41) is 3.75. The Kier molecular flexibility index (Phi) is 3.72. The van der Waals surface area contributed by atoms with E-state index >= 15 is 0 Å². The van der Waals surface area contributed by atoms with Gasteiger partial charge in [-0.15, -0.1) is 0 Å². The third-order valence-corrected chi connectivity index (χ3v) is 5.36. The van der Waals surface area contributed by atoms with Gasteiger partial charge in [0.25, 0.3) is 0 Å². The number of rotatable bonds is 4. The summed E-state index contributed by atoms with van der Waals surface area (Å²) in [5.74, 6) is 4.51. The van der Waals surface area contributed by atoms with Gasteiger partial charge in [0.2, 0.25) is 0 Å². The van der Waals surface area contributed by atoms with Crippen molar-refractivity contribution in [1.82, 2.24) is 5.32 Å². The number of thioether (sulfide) groups is 1. The third-order valence-electron chi connectivity index (χ3n) is 4.13. The van der Waals surface area contributed by atoms with Crippen LogP contribution in [0.1, 0.15) is 30.7 Å². The predicted molar refractivity (Wildman–Crippen MR) is 75.6 cm³/mol. The van der Waals surface area contributed by atoms with Crippen LogP contribution in [0.5, 0.6) is 0 Å². The molecule has 1 unspecified atom stereocenters. The Balaban J connectivity index is 1.39. The summed E-state index contributed by atoms with van der Waals surface area (Å²) in [6, 6.07) is 11.8. The van der Waals surface area contributed by atoms with Gasteiger partial charge in [-0.05, 0) is 54.7 Å². The van der Waals surface area contributed by atoms with Crippen LogP contribution in [-0.2, 0) is 0 Å². The molecule has 92 valence electrons. The molecule has 2 heteroatoms. The van der Waals surface area contributed by atoms with Crippen LogP contribution in [0.4, 0.5) is 0 Å². The minimum atomic E-state index is 0.783. The molecule has 2 aliphatic rings. The first-order valence-corrected chi connectivity index (χ1v) is 7.93. The minimum absolute atomic E-state index is 0.783. The Bertz CT molecular complexity index is 339. The number of nitrogens with one attached hydrogen (secondary N) is 1. The van der Waals surface area contributed by atoms with Crippen LogP contribution in [0.3, 0.4) is 0 Å². The molecule has 0 radical (unpaired) electrons. The maximum Gasteiger partial charge on any atom is 0.00788 e. The zero-order valence-electron chi connectivity index (χ0n) is 10.3. The fourth-order valence-electron chi connectivity index (χ4n) is 2.86. The van der Waals surface area contributed by atoms with Gasteiger partial charge in [0.15, 0.2) is 0 Å². The Morgan fingerprint density at radius 2 is 2.00 bits per heavy atom. The van der Waals surface area contributed by atoms with Crippen LogP contribution in [0.15, 0.2) is 30.3 Å². The minimum Gasteiger partial charge on any atom is -0.314 e. The summed E-state index contributed by atoms with van der Waals surface area (Å²) in [6.45, 7) is 1.25. The Hall–Kier alpha value is -0.470. The second-order valence-corrected chi connectivity index (χ2v) is 6.56. The zero-order valence-corrected chi connectivity index (χ0v) is 11.1. The molecule has 1 aromatic carbocycles. The Morgan fingerprint density at radius 1 is 1.18 bits per heavy atom. The lowest BCUT2D eigenvalue weighted by Gasteiger charge is -2.37. The average molecular weight is 247 g/mol. The average Bonchev–Trinajstić information content (AvgIpc) is 2.81. The lowest BCUT2D eigenvalue weighted by atomic mass is 9.76. The highest BCUT2D eigenvalue weighted by molar-refractivity contribution is 7.99.